The van der Waals surface area contributed by atoms with Crippen molar-refractivity contribution in [2.45, 2.75) is 20.3 Å². The van der Waals surface area contributed by atoms with Gasteiger partial charge < -0.3 is 19.4 Å². The van der Waals surface area contributed by atoms with E-state index in [0.717, 1.165) is 18.8 Å². The van der Waals surface area contributed by atoms with Gasteiger partial charge in [-0.05, 0) is 50.1 Å². The van der Waals surface area contributed by atoms with Crippen LogP contribution < -0.4 is 14.1 Å². The molecule has 2 aromatic carbocycles. The summed E-state index contributed by atoms with van der Waals surface area (Å²) in [7, 11) is -3.29. The van der Waals surface area contributed by atoms with Crippen LogP contribution in [0.15, 0.2) is 36.4 Å². The lowest BCUT2D eigenvalue weighted by Gasteiger charge is -2.38. The highest BCUT2D eigenvalue weighted by atomic mass is 32.2. The van der Waals surface area contributed by atoms with E-state index in [1.54, 1.807) is 6.07 Å². The molecule has 188 valence electrons. The van der Waals surface area contributed by atoms with E-state index in [4.69, 9.17) is 4.74 Å². The largest absolute Gasteiger partial charge is 0.378 e. The third-order valence-corrected chi connectivity index (χ3v) is 9.08. The molecule has 0 aliphatic carbocycles. The zero-order valence-corrected chi connectivity index (χ0v) is 21.4. The lowest BCUT2D eigenvalue weighted by molar-refractivity contribution is 0.0746. The Morgan fingerprint density at radius 2 is 1.54 bits per heavy atom. The SMILES string of the molecule is Cc1ccc(N2CCN(C(=O)c3ccc(N4CCCS4(=O)=O)cc3N3CCOCC3)CC2)c(C)c1. The van der Waals surface area contributed by atoms with Gasteiger partial charge in [-0.25, -0.2) is 8.42 Å². The Hall–Kier alpha value is -2.78. The van der Waals surface area contributed by atoms with Gasteiger partial charge in [0, 0.05) is 51.5 Å². The number of piperazine rings is 1. The summed E-state index contributed by atoms with van der Waals surface area (Å²) >= 11 is 0. The van der Waals surface area contributed by atoms with Crippen molar-refractivity contribution >= 4 is 33.0 Å². The van der Waals surface area contributed by atoms with Crippen molar-refractivity contribution in [1.82, 2.24) is 4.90 Å². The van der Waals surface area contributed by atoms with E-state index in [2.05, 4.69) is 41.8 Å². The highest BCUT2D eigenvalue weighted by Gasteiger charge is 2.31. The van der Waals surface area contributed by atoms with Gasteiger partial charge in [-0.3, -0.25) is 9.10 Å². The molecule has 3 saturated heterocycles. The molecule has 0 aromatic heterocycles. The predicted molar refractivity (Wildman–Crippen MR) is 139 cm³/mol. The molecule has 5 rings (SSSR count). The minimum Gasteiger partial charge on any atom is -0.378 e. The molecule has 35 heavy (non-hydrogen) atoms. The second kappa shape index (κ2) is 9.70. The van der Waals surface area contributed by atoms with Crippen molar-refractivity contribution < 1.29 is 17.9 Å². The molecule has 0 unspecified atom stereocenters. The Bertz CT molecular complexity index is 1200. The van der Waals surface area contributed by atoms with E-state index >= 15 is 0 Å². The fourth-order valence-corrected chi connectivity index (χ4v) is 6.89. The minimum atomic E-state index is -3.29. The molecule has 8 nitrogen and oxygen atoms in total. The van der Waals surface area contributed by atoms with Crippen molar-refractivity contribution in [3.8, 4) is 0 Å². The van der Waals surface area contributed by atoms with Crippen LogP contribution >= 0.6 is 0 Å². The average molecular weight is 499 g/mol. The number of carbonyl (C=O) groups is 1. The van der Waals surface area contributed by atoms with Crippen LogP contribution in [0.1, 0.15) is 27.9 Å². The van der Waals surface area contributed by atoms with Gasteiger partial charge in [0.05, 0.1) is 35.9 Å². The van der Waals surface area contributed by atoms with Crippen LogP contribution in [0.25, 0.3) is 0 Å². The quantitative estimate of drug-likeness (QED) is 0.645. The first-order chi connectivity index (χ1) is 16.8. The van der Waals surface area contributed by atoms with Crippen molar-refractivity contribution in [3.05, 3.63) is 53.1 Å². The van der Waals surface area contributed by atoms with Crippen LogP contribution in [0.5, 0.6) is 0 Å². The zero-order valence-electron chi connectivity index (χ0n) is 20.6. The Kier molecular flexibility index (Phi) is 6.63. The van der Waals surface area contributed by atoms with Crippen LogP contribution in [0.4, 0.5) is 17.1 Å². The van der Waals surface area contributed by atoms with E-state index < -0.39 is 10.0 Å². The summed E-state index contributed by atoms with van der Waals surface area (Å²) in [6, 6.07) is 12.0. The Morgan fingerprint density at radius 1 is 0.829 bits per heavy atom. The first-order valence-electron chi connectivity index (χ1n) is 12.4. The van der Waals surface area contributed by atoms with E-state index in [9.17, 15) is 13.2 Å². The van der Waals surface area contributed by atoms with Crippen LogP contribution in [-0.4, -0.2) is 84.0 Å². The lowest BCUT2D eigenvalue weighted by Crippen LogP contribution is -2.49. The molecule has 0 saturated carbocycles. The number of aryl methyl sites for hydroxylation is 2. The van der Waals surface area contributed by atoms with E-state index in [1.807, 2.05) is 17.0 Å². The molecule has 9 heteroatoms. The molecule has 3 fully saturated rings. The third kappa shape index (κ3) is 4.84. The monoisotopic (exact) mass is 498 g/mol. The molecular weight excluding hydrogens is 464 g/mol. The van der Waals surface area contributed by atoms with Gasteiger partial charge in [-0.1, -0.05) is 17.7 Å². The van der Waals surface area contributed by atoms with Gasteiger partial charge in [0.15, 0.2) is 0 Å². The molecule has 3 heterocycles. The van der Waals surface area contributed by atoms with Gasteiger partial charge in [0.1, 0.15) is 0 Å². The smallest absolute Gasteiger partial charge is 0.256 e. The molecule has 0 atom stereocenters. The van der Waals surface area contributed by atoms with E-state index in [-0.39, 0.29) is 11.7 Å². The molecule has 3 aliphatic heterocycles. The van der Waals surface area contributed by atoms with Crippen molar-refractivity contribution in [1.29, 1.82) is 0 Å². The maximum absolute atomic E-state index is 13.7. The van der Waals surface area contributed by atoms with Gasteiger partial charge in [0.25, 0.3) is 5.91 Å². The number of rotatable bonds is 4. The highest BCUT2D eigenvalue weighted by Crippen LogP contribution is 2.32. The standard InChI is InChI=1S/C26H34N4O4S/c1-20-4-7-24(21(2)18-20)27-9-11-29(12-10-27)26(31)23-6-5-22(30-8-3-17-35(30,32)33)19-25(23)28-13-15-34-16-14-28/h4-7,18-19H,3,8-17H2,1-2H3. The van der Waals surface area contributed by atoms with Crippen LogP contribution in [0.2, 0.25) is 0 Å². The maximum Gasteiger partial charge on any atom is 0.256 e. The number of hydrogen-bond donors (Lipinski definition) is 0. The number of morpholine rings is 1. The summed E-state index contributed by atoms with van der Waals surface area (Å²) in [5, 5.41) is 0. The number of carbonyl (C=O) groups excluding carboxylic acids is 1. The molecule has 0 bridgehead atoms. The molecule has 0 N–H and O–H groups in total. The van der Waals surface area contributed by atoms with Crippen LogP contribution in [-0.2, 0) is 14.8 Å². The van der Waals surface area contributed by atoms with E-state index in [1.165, 1.54) is 21.1 Å². The maximum atomic E-state index is 13.7. The molecule has 3 aliphatic rings. The number of amides is 1. The molecule has 2 aromatic rings. The first-order valence-corrected chi connectivity index (χ1v) is 14.0. The minimum absolute atomic E-state index is 0.00241. The van der Waals surface area contributed by atoms with E-state index in [0.29, 0.717) is 63.6 Å². The van der Waals surface area contributed by atoms with Crippen molar-refractivity contribution in [2.75, 3.05) is 78.9 Å². The number of sulfonamides is 1. The predicted octanol–water partition coefficient (Wildman–Crippen LogP) is 2.64. The fourth-order valence-electron chi connectivity index (χ4n) is 5.33. The third-order valence-electron chi connectivity index (χ3n) is 7.21. The molecular formula is C26H34N4O4S. The van der Waals surface area contributed by atoms with Gasteiger partial charge >= 0.3 is 0 Å². The van der Waals surface area contributed by atoms with Crippen molar-refractivity contribution in [3.63, 3.8) is 0 Å². The number of ether oxygens (including phenoxy) is 1. The summed E-state index contributed by atoms with van der Waals surface area (Å²) in [5.74, 6) is 0.174. The summed E-state index contributed by atoms with van der Waals surface area (Å²) in [6.45, 7) is 10.1. The summed E-state index contributed by atoms with van der Waals surface area (Å²) in [5.41, 5.74) is 5.81. The summed E-state index contributed by atoms with van der Waals surface area (Å²) in [6.07, 6.45) is 0.626. The Morgan fingerprint density at radius 3 is 2.20 bits per heavy atom. The molecule has 0 spiro atoms. The topological polar surface area (TPSA) is 73.4 Å². The average Bonchev–Trinajstić information content (AvgIpc) is 3.23. The Labute approximate surface area is 208 Å². The normalized spacial score (nSPS) is 20.4. The fraction of sp³-hybridized carbons (Fsp3) is 0.500. The number of anilines is 3. The second-order valence-electron chi connectivity index (χ2n) is 9.61. The van der Waals surface area contributed by atoms with Gasteiger partial charge in [-0.15, -0.1) is 0 Å². The van der Waals surface area contributed by atoms with Gasteiger partial charge in [-0.2, -0.15) is 0 Å². The number of nitrogens with zero attached hydrogens (tertiary/aromatic N) is 4. The number of benzene rings is 2. The van der Waals surface area contributed by atoms with Crippen LogP contribution in [0, 0.1) is 13.8 Å². The first kappa shape index (κ1) is 23.9. The van der Waals surface area contributed by atoms with Crippen LogP contribution in [0.3, 0.4) is 0 Å². The number of hydrogen-bond acceptors (Lipinski definition) is 6. The summed E-state index contributed by atoms with van der Waals surface area (Å²) in [4.78, 5) is 20.1. The summed E-state index contributed by atoms with van der Waals surface area (Å²) < 4.78 is 32.0. The lowest BCUT2D eigenvalue weighted by atomic mass is 10.1. The Balaban J connectivity index is 1.38. The van der Waals surface area contributed by atoms with Gasteiger partial charge in [0.2, 0.25) is 10.0 Å². The highest BCUT2D eigenvalue weighted by molar-refractivity contribution is 7.93. The zero-order chi connectivity index (χ0) is 24.6. The molecule has 1 amide bonds. The van der Waals surface area contributed by atoms with Crippen molar-refractivity contribution in [2.24, 2.45) is 0 Å². The second-order valence-corrected chi connectivity index (χ2v) is 11.6. The molecule has 0 radical (unpaired) electrons.